The fraction of sp³-hybridized carbons (Fsp3) is 0.0769. The van der Waals surface area contributed by atoms with E-state index in [-0.39, 0.29) is 11.5 Å². The van der Waals surface area contributed by atoms with E-state index in [1.54, 1.807) is 18.2 Å². The Morgan fingerprint density at radius 1 is 1.21 bits per heavy atom. The van der Waals surface area contributed by atoms with Gasteiger partial charge in [0.25, 0.3) is 5.69 Å². The van der Waals surface area contributed by atoms with Gasteiger partial charge in [0.15, 0.2) is 0 Å². The van der Waals surface area contributed by atoms with Gasteiger partial charge in [-0.25, -0.2) is 4.39 Å². The molecule has 98 valence electrons. The zero-order valence-corrected chi connectivity index (χ0v) is 10.7. The molecule has 0 amide bonds. The Bertz CT molecular complexity index is 582. The molecule has 2 rings (SSSR count). The van der Waals surface area contributed by atoms with E-state index < -0.39 is 4.92 Å². The second kappa shape index (κ2) is 5.71. The summed E-state index contributed by atoms with van der Waals surface area (Å²) in [6.45, 7) is 0. The molecular weight excluding hydrogens is 267 g/mol. The van der Waals surface area contributed by atoms with Crippen molar-refractivity contribution in [2.75, 3.05) is 5.73 Å². The molecule has 19 heavy (non-hydrogen) atoms. The third kappa shape index (κ3) is 3.69. The maximum absolute atomic E-state index is 13.1. The quantitative estimate of drug-likeness (QED) is 0.401. The summed E-state index contributed by atoms with van der Waals surface area (Å²) >= 11 is 1.43. The summed E-state index contributed by atoms with van der Waals surface area (Å²) in [6.07, 6.45) is 0. The van der Waals surface area contributed by atoms with E-state index in [4.69, 9.17) is 5.73 Å². The van der Waals surface area contributed by atoms with Gasteiger partial charge in [-0.05, 0) is 23.8 Å². The zero-order chi connectivity index (χ0) is 13.8. The van der Waals surface area contributed by atoms with Gasteiger partial charge in [0.05, 0.1) is 4.92 Å². The Morgan fingerprint density at radius 3 is 2.47 bits per heavy atom. The van der Waals surface area contributed by atoms with Crippen molar-refractivity contribution < 1.29 is 9.31 Å². The molecule has 0 saturated heterocycles. The molecule has 0 atom stereocenters. The van der Waals surface area contributed by atoms with Crippen molar-refractivity contribution in [2.45, 2.75) is 10.6 Å². The van der Waals surface area contributed by atoms with Crippen molar-refractivity contribution in [3.05, 3.63) is 64.0 Å². The summed E-state index contributed by atoms with van der Waals surface area (Å²) in [7, 11) is 0. The second-order valence-electron chi connectivity index (χ2n) is 3.93. The summed E-state index contributed by atoms with van der Waals surface area (Å²) in [4.78, 5) is 10.8. The maximum atomic E-state index is 13.1. The first-order chi connectivity index (χ1) is 9.04. The van der Waals surface area contributed by atoms with Gasteiger partial charge in [-0.15, -0.1) is 11.8 Å². The fourth-order valence-electron chi connectivity index (χ4n) is 1.55. The molecule has 6 heteroatoms. The van der Waals surface area contributed by atoms with Gasteiger partial charge < -0.3 is 5.73 Å². The van der Waals surface area contributed by atoms with E-state index in [0.29, 0.717) is 11.4 Å². The van der Waals surface area contributed by atoms with E-state index >= 15 is 0 Å². The molecule has 0 spiro atoms. The SMILES string of the molecule is Nc1cc(F)cc(SCc2ccc([N+](=O)[O-])cc2)c1. The van der Waals surface area contributed by atoms with E-state index in [2.05, 4.69) is 0 Å². The number of hydrogen-bond acceptors (Lipinski definition) is 4. The molecule has 0 aliphatic heterocycles. The molecule has 0 saturated carbocycles. The highest BCUT2D eigenvalue weighted by Crippen LogP contribution is 2.26. The number of nitrogens with two attached hydrogens (primary N) is 1. The second-order valence-corrected chi connectivity index (χ2v) is 4.98. The number of nitro groups is 1. The Morgan fingerprint density at radius 2 is 1.89 bits per heavy atom. The predicted molar refractivity (Wildman–Crippen MR) is 73.5 cm³/mol. The standard InChI is InChI=1S/C13H11FN2O2S/c14-10-5-11(15)7-13(6-10)19-8-9-1-3-12(4-2-9)16(17)18/h1-7H,8,15H2. The number of nitrogens with zero attached hydrogens (tertiary/aromatic N) is 1. The molecule has 0 aliphatic rings. The first-order valence-electron chi connectivity index (χ1n) is 5.47. The Kier molecular flexibility index (Phi) is 4.01. The van der Waals surface area contributed by atoms with Crippen LogP contribution in [0.15, 0.2) is 47.4 Å². The number of hydrogen-bond donors (Lipinski definition) is 1. The van der Waals surface area contributed by atoms with Crippen molar-refractivity contribution in [2.24, 2.45) is 0 Å². The Balaban J connectivity index is 2.03. The van der Waals surface area contributed by atoms with E-state index in [1.807, 2.05) is 0 Å². The molecule has 4 nitrogen and oxygen atoms in total. The van der Waals surface area contributed by atoms with Crippen LogP contribution in [0.5, 0.6) is 0 Å². The van der Waals surface area contributed by atoms with Gasteiger partial charge in [0.2, 0.25) is 0 Å². The molecule has 2 N–H and O–H groups in total. The molecule has 0 fully saturated rings. The number of thioether (sulfide) groups is 1. The smallest absolute Gasteiger partial charge is 0.269 e. The van der Waals surface area contributed by atoms with Gasteiger partial charge in [0.1, 0.15) is 5.82 Å². The van der Waals surface area contributed by atoms with Crippen molar-refractivity contribution in [3.8, 4) is 0 Å². The van der Waals surface area contributed by atoms with E-state index in [1.165, 1.54) is 36.0 Å². The largest absolute Gasteiger partial charge is 0.399 e. The topological polar surface area (TPSA) is 69.2 Å². The molecule has 0 aromatic heterocycles. The minimum absolute atomic E-state index is 0.0590. The Labute approximate surface area is 113 Å². The summed E-state index contributed by atoms with van der Waals surface area (Å²) in [5, 5.41) is 10.5. The molecular formula is C13H11FN2O2S. The van der Waals surface area contributed by atoms with E-state index in [0.717, 1.165) is 10.5 Å². The van der Waals surface area contributed by atoms with Crippen molar-refractivity contribution >= 4 is 23.1 Å². The van der Waals surface area contributed by atoms with Crippen LogP contribution < -0.4 is 5.73 Å². The average Bonchev–Trinajstić information content (AvgIpc) is 2.36. The molecule has 0 heterocycles. The van der Waals surface area contributed by atoms with E-state index in [9.17, 15) is 14.5 Å². The molecule has 0 radical (unpaired) electrons. The third-order valence-electron chi connectivity index (χ3n) is 2.45. The average molecular weight is 278 g/mol. The first-order valence-corrected chi connectivity index (χ1v) is 6.45. The van der Waals surface area contributed by atoms with Gasteiger partial charge in [-0.3, -0.25) is 10.1 Å². The lowest BCUT2D eigenvalue weighted by Gasteiger charge is -2.03. The van der Waals surface area contributed by atoms with Gasteiger partial charge >= 0.3 is 0 Å². The lowest BCUT2D eigenvalue weighted by atomic mass is 10.2. The van der Waals surface area contributed by atoms with Crippen LogP contribution in [0.2, 0.25) is 0 Å². The number of benzene rings is 2. The first kappa shape index (κ1) is 13.4. The normalized spacial score (nSPS) is 10.4. The molecule has 0 unspecified atom stereocenters. The summed E-state index contributed by atoms with van der Waals surface area (Å²) in [5.74, 6) is 0.229. The predicted octanol–water partition coefficient (Wildman–Crippen LogP) is 3.61. The van der Waals surface area contributed by atoms with Crippen LogP contribution >= 0.6 is 11.8 Å². The van der Waals surface area contributed by atoms with Crippen LogP contribution in [0.25, 0.3) is 0 Å². The minimum atomic E-state index is -0.440. The van der Waals surface area contributed by atoms with Gasteiger partial charge in [-0.1, -0.05) is 12.1 Å². The van der Waals surface area contributed by atoms with Crippen molar-refractivity contribution in [3.63, 3.8) is 0 Å². The van der Waals surface area contributed by atoms with Crippen LogP contribution in [-0.4, -0.2) is 4.92 Å². The molecule has 2 aromatic rings. The van der Waals surface area contributed by atoms with Crippen LogP contribution in [-0.2, 0) is 5.75 Å². The lowest BCUT2D eigenvalue weighted by Crippen LogP contribution is -1.89. The summed E-state index contributed by atoms with van der Waals surface area (Å²) < 4.78 is 13.1. The van der Waals surface area contributed by atoms with Gasteiger partial charge in [0, 0.05) is 28.5 Å². The minimum Gasteiger partial charge on any atom is -0.399 e. The highest BCUT2D eigenvalue weighted by Gasteiger charge is 2.05. The third-order valence-corrected chi connectivity index (χ3v) is 3.49. The highest BCUT2D eigenvalue weighted by molar-refractivity contribution is 7.98. The number of nitrogen functional groups attached to an aromatic ring is 1. The van der Waals surface area contributed by atoms with Crippen molar-refractivity contribution in [1.82, 2.24) is 0 Å². The summed E-state index contributed by atoms with van der Waals surface area (Å²) in [5.41, 5.74) is 6.92. The van der Waals surface area contributed by atoms with Crippen LogP contribution in [0, 0.1) is 15.9 Å². The zero-order valence-electron chi connectivity index (χ0n) is 9.88. The van der Waals surface area contributed by atoms with Gasteiger partial charge in [-0.2, -0.15) is 0 Å². The monoisotopic (exact) mass is 278 g/mol. The van der Waals surface area contributed by atoms with Crippen LogP contribution in [0.3, 0.4) is 0 Å². The lowest BCUT2D eigenvalue weighted by molar-refractivity contribution is -0.384. The number of non-ortho nitro benzene ring substituents is 1. The molecule has 0 bridgehead atoms. The summed E-state index contributed by atoms with van der Waals surface area (Å²) in [6, 6.07) is 10.6. The number of nitro benzene ring substituents is 1. The Hall–Kier alpha value is -2.08. The fourth-order valence-corrected chi connectivity index (χ4v) is 2.49. The van der Waals surface area contributed by atoms with Crippen LogP contribution in [0.1, 0.15) is 5.56 Å². The number of anilines is 1. The number of rotatable bonds is 4. The van der Waals surface area contributed by atoms with Crippen molar-refractivity contribution in [1.29, 1.82) is 0 Å². The maximum Gasteiger partial charge on any atom is 0.269 e. The number of halogens is 1. The van der Waals surface area contributed by atoms with Crippen LogP contribution in [0.4, 0.5) is 15.8 Å². The molecule has 2 aromatic carbocycles. The molecule has 0 aliphatic carbocycles. The highest BCUT2D eigenvalue weighted by atomic mass is 32.2.